The zero-order valence-corrected chi connectivity index (χ0v) is 19.0. The molecule has 170 valence electrons. The second-order valence-corrected chi connectivity index (χ2v) is 7.92. The average Bonchev–Trinajstić information content (AvgIpc) is 2.86. The molecule has 3 N–H and O–H groups in total. The van der Waals surface area contributed by atoms with Crippen LogP contribution in [0.5, 0.6) is 0 Å². The van der Waals surface area contributed by atoms with E-state index in [0.29, 0.717) is 26.9 Å². The van der Waals surface area contributed by atoms with Crippen molar-refractivity contribution in [3.8, 4) is 0 Å². The molecule has 8 nitrogen and oxygen atoms in total. The van der Waals surface area contributed by atoms with E-state index in [2.05, 4.69) is 26.0 Å². The minimum absolute atomic E-state index is 0.160. The van der Waals surface area contributed by atoms with E-state index in [1.807, 2.05) is 0 Å². The summed E-state index contributed by atoms with van der Waals surface area (Å²) in [5, 5.41) is 14.4. The molecule has 0 aliphatic carbocycles. The number of amides is 2. The number of nitrogens with one attached hydrogen (secondary N) is 3. The number of nitrogens with zero attached hydrogens (tertiary/aromatic N) is 2. The van der Waals surface area contributed by atoms with Crippen LogP contribution in [0.2, 0.25) is 10.0 Å². The van der Waals surface area contributed by atoms with Crippen molar-refractivity contribution < 1.29 is 9.59 Å². The van der Waals surface area contributed by atoms with Gasteiger partial charge < -0.3 is 5.32 Å². The van der Waals surface area contributed by atoms with Crippen LogP contribution in [0.3, 0.4) is 0 Å². The maximum absolute atomic E-state index is 13.2. The molecule has 4 rings (SSSR count). The van der Waals surface area contributed by atoms with Crippen molar-refractivity contribution in [2.45, 2.75) is 6.04 Å². The maximum atomic E-state index is 13.2. The van der Waals surface area contributed by atoms with Gasteiger partial charge in [0, 0.05) is 16.5 Å². The summed E-state index contributed by atoms with van der Waals surface area (Å²) in [5.74, 6) is -1.18. The Bertz CT molecular complexity index is 1450. The Labute approximate surface area is 203 Å². The lowest BCUT2D eigenvalue weighted by Crippen LogP contribution is -2.40. The van der Waals surface area contributed by atoms with Gasteiger partial charge in [0.25, 0.3) is 17.4 Å². The minimum atomic E-state index is -1.26. The molecule has 10 heteroatoms. The minimum Gasteiger partial charge on any atom is -0.335 e. The van der Waals surface area contributed by atoms with Crippen LogP contribution < -0.4 is 16.3 Å². The molecule has 0 spiro atoms. The Morgan fingerprint density at radius 1 is 0.941 bits per heavy atom. The molecule has 0 saturated heterocycles. The number of H-pyrrole nitrogens is 1. The lowest BCUT2D eigenvalue weighted by Gasteiger charge is -2.18. The number of carbonyl (C=O) groups is 2. The third-order valence-corrected chi connectivity index (χ3v) is 5.77. The lowest BCUT2D eigenvalue weighted by molar-refractivity contribution is -0.123. The zero-order chi connectivity index (χ0) is 24.1. The quantitative estimate of drug-likeness (QED) is 0.279. The second-order valence-electron chi connectivity index (χ2n) is 7.13. The Morgan fingerprint density at radius 3 is 2.41 bits per heavy atom. The third-order valence-electron chi connectivity index (χ3n) is 4.93. The van der Waals surface area contributed by atoms with Crippen LogP contribution in [-0.2, 0) is 4.79 Å². The monoisotopic (exact) mass is 493 g/mol. The molecule has 1 aromatic heterocycles. The summed E-state index contributed by atoms with van der Waals surface area (Å²) in [6.45, 7) is 0. The highest BCUT2D eigenvalue weighted by atomic mass is 35.5. The van der Waals surface area contributed by atoms with E-state index in [4.69, 9.17) is 23.2 Å². The van der Waals surface area contributed by atoms with Crippen molar-refractivity contribution in [2.24, 2.45) is 5.10 Å². The van der Waals surface area contributed by atoms with Crippen LogP contribution >= 0.6 is 23.2 Å². The van der Waals surface area contributed by atoms with E-state index < -0.39 is 23.4 Å². The number of rotatable bonds is 6. The van der Waals surface area contributed by atoms with Gasteiger partial charge in [-0.15, -0.1) is 0 Å². The molecular weight excluding hydrogens is 477 g/mol. The molecule has 2 amide bonds. The highest BCUT2D eigenvalue weighted by Crippen LogP contribution is 2.24. The summed E-state index contributed by atoms with van der Waals surface area (Å²) < 4.78 is 0. The Balaban J connectivity index is 1.68. The number of halogens is 2. The summed E-state index contributed by atoms with van der Waals surface area (Å²) in [6.07, 6.45) is 1.33. The molecule has 0 aliphatic rings. The Hall–Kier alpha value is -4.01. The van der Waals surface area contributed by atoms with Crippen LogP contribution in [0.15, 0.2) is 82.7 Å². The van der Waals surface area contributed by atoms with E-state index in [1.54, 1.807) is 72.8 Å². The van der Waals surface area contributed by atoms with Crippen molar-refractivity contribution in [3.05, 3.63) is 110 Å². The molecule has 1 atom stereocenters. The zero-order valence-electron chi connectivity index (χ0n) is 17.5. The van der Waals surface area contributed by atoms with Crippen LogP contribution in [0.25, 0.3) is 10.8 Å². The van der Waals surface area contributed by atoms with Gasteiger partial charge in [0.1, 0.15) is 5.69 Å². The summed E-state index contributed by atoms with van der Waals surface area (Å²) in [6, 6.07) is 18.8. The first-order valence-electron chi connectivity index (χ1n) is 10.1. The van der Waals surface area contributed by atoms with Crippen molar-refractivity contribution >= 4 is 52.0 Å². The molecular formula is C24H17Cl2N5O3. The summed E-state index contributed by atoms with van der Waals surface area (Å²) in [5.41, 5.74) is 2.98. The van der Waals surface area contributed by atoms with Gasteiger partial charge in [-0.1, -0.05) is 71.7 Å². The lowest BCUT2D eigenvalue weighted by atomic mass is 10.0. The first kappa shape index (κ1) is 23.2. The first-order chi connectivity index (χ1) is 16.5. The van der Waals surface area contributed by atoms with Crippen LogP contribution in [0, 0.1) is 0 Å². The predicted octanol–water partition coefficient (Wildman–Crippen LogP) is 3.85. The summed E-state index contributed by atoms with van der Waals surface area (Å²) in [7, 11) is 0. The van der Waals surface area contributed by atoms with E-state index >= 15 is 0 Å². The predicted molar refractivity (Wildman–Crippen MR) is 131 cm³/mol. The van der Waals surface area contributed by atoms with Crippen molar-refractivity contribution in [2.75, 3.05) is 0 Å². The maximum Gasteiger partial charge on any atom is 0.272 e. The highest BCUT2D eigenvalue weighted by Gasteiger charge is 2.27. The molecule has 4 aromatic rings. The number of hydrogen-bond donors (Lipinski definition) is 3. The SMILES string of the molecule is O=C(N[C@H](C(=O)N/N=C\c1cccc(Cl)c1Cl)c1n[nH]c(=O)c2ccccc12)c1ccccc1. The molecule has 1 heterocycles. The second kappa shape index (κ2) is 10.3. The van der Waals surface area contributed by atoms with Gasteiger partial charge in [0.2, 0.25) is 0 Å². The smallest absolute Gasteiger partial charge is 0.272 e. The molecule has 0 unspecified atom stereocenters. The van der Waals surface area contributed by atoms with E-state index in [1.165, 1.54) is 6.21 Å². The largest absolute Gasteiger partial charge is 0.335 e. The Morgan fingerprint density at radius 2 is 1.65 bits per heavy atom. The van der Waals surface area contributed by atoms with Gasteiger partial charge >= 0.3 is 0 Å². The first-order valence-corrected chi connectivity index (χ1v) is 10.8. The normalized spacial score (nSPS) is 11.9. The van der Waals surface area contributed by atoms with Crippen molar-refractivity contribution in [3.63, 3.8) is 0 Å². The van der Waals surface area contributed by atoms with E-state index in [0.717, 1.165) is 0 Å². The van der Waals surface area contributed by atoms with Crippen LogP contribution in [-0.4, -0.2) is 28.2 Å². The summed E-state index contributed by atoms with van der Waals surface area (Å²) in [4.78, 5) is 38.2. The molecule has 0 fully saturated rings. The van der Waals surface area contributed by atoms with Crippen LogP contribution in [0.4, 0.5) is 0 Å². The van der Waals surface area contributed by atoms with Crippen LogP contribution in [0.1, 0.15) is 27.7 Å². The standard InChI is InChI=1S/C24H17Cl2N5O3/c25-18-12-6-9-15(19(18)26)13-27-30-24(34)21(28-22(32)14-7-2-1-3-8-14)20-16-10-4-5-11-17(16)23(33)31-29-20/h1-13,21H,(H,28,32)(H,30,34)(H,31,33)/b27-13-/t21-/m0/s1. The number of aromatic nitrogens is 2. The number of aromatic amines is 1. The fourth-order valence-corrected chi connectivity index (χ4v) is 3.62. The number of fused-ring (bicyclic) bond motifs is 1. The molecule has 34 heavy (non-hydrogen) atoms. The van der Waals surface area contributed by atoms with E-state index in [-0.39, 0.29) is 10.7 Å². The van der Waals surface area contributed by atoms with Crippen molar-refractivity contribution in [1.29, 1.82) is 0 Å². The fraction of sp³-hybridized carbons (Fsp3) is 0.0417. The molecule has 3 aromatic carbocycles. The molecule has 0 bridgehead atoms. The van der Waals surface area contributed by atoms with Gasteiger partial charge in [0.15, 0.2) is 6.04 Å². The molecule has 0 aliphatic heterocycles. The molecule has 0 radical (unpaired) electrons. The van der Waals surface area contributed by atoms with Gasteiger partial charge in [0.05, 0.1) is 21.6 Å². The Kier molecular flexibility index (Phi) is 7.01. The number of benzene rings is 3. The van der Waals surface area contributed by atoms with Gasteiger partial charge in [-0.25, -0.2) is 10.5 Å². The van der Waals surface area contributed by atoms with Gasteiger partial charge in [-0.3, -0.25) is 14.4 Å². The van der Waals surface area contributed by atoms with Gasteiger partial charge in [-0.05, 0) is 24.3 Å². The number of hydrogen-bond acceptors (Lipinski definition) is 5. The van der Waals surface area contributed by atoms with Crippen molar-refractivity contribution in [1.82, 2.24) is 20.9 Å². The number of carbonyl (C=O) groups excluding carboxylic acids is 2. The fourth-order valence-electron chi connectivity index (χ4n) is 3.27. The third kappa shape index (κ3) is 4.98. The van der Waals surface area contributed by atoms with E-state index in [9.17, 15) is 14.4 Å². The molecule has 0 saturated carbocycles. The van der Waals surface area contributed by atoms with Gasteiger partial charge in [-0.2, -0.15) is 10.2 Å². The highest BCUT2D eigenvalue weighted by molar-refractivity contribution is 6.43. The average molecular weight is 494 g/mol. The topological polar surface area (TPSA) is 116 Å². The number of hydrazone groups is 1. The summed E-state index contributed by atoms with van der Waals surface area (Å²) >= 11 is 12.2.